The van der Waals surface area contributed by atoms with Gasteiger partial charge in [0.2, 0.25) is 5.91 Å². The number of nitrogens with one attached hydrogen (secondary N) is 1. The molecule has 1 aliphatic rings. The van der Waals surface area contributed by atoms with Crippen LogP contribution in [-0.2, 0) is 4.79 Å². The third kappa shape index (κ3) is 4.28. The number of aryl methyl sites for hydroxylation is 1. The maximum absolute atomic E-state index is 13.0. The van der Waals surface area contributed by atoms with Crippen LogP contribution in [0, 0.1) is 6.92 Å². The van der Waals surface area contributed by atoms with E-state index in [2.05, 4.69) is 10.3 Å². The topological polar surface area (TPSA) is 62.3 Å². The molecule has 0 saturated heterocycles. The Kier molecular flexibility index (Phi) is 5.21. The summed E-state index contributed by atoms with van der Waals surface area (Å²) in [5, 5.41) is 3.35. The van der Waals surface area contributed by atoms with Crippen molar-refractivity contribution in [1.29, 1.82) is 0 Å². The lowest BCUT2D eigenvalue weighted by molar-refractivity contribution is -0.117. The number of aromatic nitrogens is 1. The summed E-state index contributed by atoms with van der Waals surface area (Å²) < 4.78 is 0. The molecule has 142 valence electrons. The number of carbonyl (C=O) groups is 2. The molecule has 0 radical (unpaired) electrons. The van der Waals surface area contributed by atoms with Gasteiger partial charge >= 0.3 is 0 Å². The van der Waals surface area contributed by atoms with Gasteiger partial charge in [-0.15, -0.1) is 11.3 Å². The van der Waals surface area contributed by atoms with Crippen molar-refractivity contribution in [3.05, 3.63) is 71.2 Å². The number of anilines is 1. The van der Waals surface area contributed by atoms with Gasteiger partial charge in [-0.05, 0) is 43.0 Å². The van der Waals surface area contributed by atoms with Gasteiger partial charge in [-0.2, -0.15) is 0 Å². The summed E-state index contributed by atoms with van der Waals surface area (Å²) in [4.78, 5) is 32.3. The first-order valence-electron chi connectivity index (χ1n) is 9.29. The van der Waals surface area contributed by atoms with E-state index in [0.29, 0.717) is 10.7 Å². The molecule has 1 saturated carbocycles. The van der Waals surface area contributed by atoms with Gasteiger partial charge in [-0.1, -0.05) is 42.5 Å². The molecule has 3 aromatic rings. The minimum absolute atomic E-state index is 0.0442. The third-order valence-electron chi connectivity index (χ3n) is 4.67. The molecular formula is C22H21N3O2S. The van der Waals surface area contributed by atoms with Crippen molar-refractivity contribution in [3.63, 3.8) is 0 Å². The molecule has 5 nitrogen and oxygen atoms in total. The average Bonchev–Trinajstić information content (AvgIpc) is 3.48. The van der Waals surface area contributed by atoms with Crippen molar-refractivity contribution in [2.75, 3.05) is 11.9 Å². The molecule has 28 heavy (non-hydrogen) atoms. The van der Waals surface area contributed by atoms with E-state index in [1.165, 1.54) is 11.3 Å². The van der Waals surface area contributed by atoms with Crippen LogP contribution in [0.4, 0.5) is 5.13 Å². The molecular weight excluding hydrogens is 370 g/mol. The highest BCUT2D eigenvalue weighted by atomic mass is 32.1. The summed E-state index contributed by atoms with van der Waals surface area (Å²) in [5.41, 5.74) is 2.77. The zero-order chi connectivity index (χ0) is 19.5. The van der Waals surface area contributed by atoms with Crippen LogP contribution in [0.25, 0.3) is 11.1 Å². The van der Waals surface area contributed by atoms with Gasteiger partial charge in [0.15, 0.2) is 5.13 Å². The van der Waals surface area contributed by atoms with Gasteiger partial charge in [0.1, 0.15) is 6.54 Å². The van der Waals surface area contributed by atoms with E-state index in [0.717, 1.165) is 28.8 Å². The Labute approximate surface area is 168 Å². The summed E-state index contributed by atoms with van der Waals surface area (Å²) in [5.74, 6) is -0.317. The molecule has 2 aromatic carbocycles. The van der Waals surface area contributed by atoms with Crippen LogP contribution in [0.15, 0.2) is 60.8 Å². The Morgan fingerprint density at radius 1 is 1.07 bits per heavy atom. The first-order chi connectivity index (χ1) is 13.6. The van der Waals surface area contributed by atoms with E-state index in [1.54, 1.807) is 11.1 Å². The number of rotatable bonds is 6. The zero-order valence-corrected chi connectivity index (χ0v) is 16.4. The molecule has 0 atom stereocenters. The molecule has 0 unspecified atom stereocenters. The number of hydrogen-bond donors (Lipinski definition) is 1. The fraction of sp³-hybridized carbons (Fsp3) is 0.227. The van der Waals surface area contributed by atoms with Gasteiger partial charge in [0.05, 0.1) is 0 Å². The normalized spacial score (nSPS) is 13.2. The molecule has 4 rings (SSSR count). The molecule has 1 fully saturated rings. The van der Waals surface area contributed by atoms with E-state index < -0.39 is 0 Å². The quantitative estimate of drug-likeness (QED) is 0.679. The maximum Gasteiger partial charge on any atom is 0.254 e. The van der Waals surface area contributed by atoms with E-state index >= 15 is 0 Å². The van der Waals surface area contributed by atoms with Crippen molar-refractivity contribution < 1.29 is 9.59 Å². The largest absolute Gasteiger partial charge is 0.326 e. The highest BCUT2D eigenvalue weighted by Gasteiger charge is 2.34. The Morgan fingerprint density at radius 2 is 1.75 bits per heavy atom. The molecule has 1 N–H and O–H groups in total. The van der Waals surface area contributed by atoms with E-state index in [1.807, 2.05) is 61.5 Å². The lowest BCUT2D eigenvalue weighted by Crippen LogP contribution is -2.39. The monoisotopic (exact) mass is 391 g/mol. The highest BCUT2D eigenvalue weighted by Crippen LogP contribution is 2.29. The molecule has 1 aliphatic carbocycles. The zero-order valence-electron chi connectivity index (χ0n) is 15.6. The van der Waals surface area contributed by atoms with Crippen molar-refractivity contribution in [2.24, 2.45) is 0 Å². The van der Waals surface area contributed by atoms with Gasteiger partial charge < -0.3 is 10.2 Å². The fourth-order valence-corrected chi connectivity index (χ4v) is 3.76. The number of benzene rings is 2. The van der Waals surface area contributed by atoms with Crippen molar-refractivity contribution in [2.45, 2.75) is 25.8 Å². The van der Waals surface area contributed by atoms with Gasteiger partial charge in [0, 0.05) is 22.7 Å². The average molecular weight is 391 g/mol. The highest BCUT2D eigenvalue weighted by molar-refractivity contribution is 7.15. The molecule has 0 spiro atoms. The predicted octanol–water partition coefficient (Wildman–Crippen LogP) is 4.36. The Morgan fingerprint density at radius 3 is 2.36 bits per heavy atom. The third-order valence-corrected chi connectivity index (χ3v) is 5.50. The van der Waals surface area contributed by atoms with Crippen molar-refractivity contribution in [1.82, 2.24) is 9.88 Å². The number of nitrogens with zero attached hydrogens (tertiary/aromatic N) is 2. The number of thiazole rings is 1. The van der Waals surface area contributed by atoms with Gasteiger partial charge in [0.25, 0.3) is 5.91 Å². The van der Waals surface area contributed by atoms with E-state index in [4.69, 9.17) is 0 Å². The molecule has 2 amide bonds. The van der Waals surface area contributed by atoms with Crippen LogP contribution < -0.4 is 5.32 Å². The van der Waals surface area contributed by atoms with Crippen LogP contribution in [0.3, 0.4) is 0 Å². The second-order valence-corrected chi connectivity index (χ2v) is 8.17. The van der Waals surface area contributed by atoms with Gasteiger partial charge in [-0.25, -0.2) is 4.98 Å². The maximum atomic E-state index is 13.0. The first kappa shape index (κ1) is 18.4. The summed E-state index contributed by atoms with van der Waals surface area (Å²) in [6.07, 6.45) is 3.60. The lowest BCUT2D eigenvalue weighted by Gasteiger charge is -2.21. The summed E-state index contributed by atoms with van der Waals surface area (Å²) in [6.45, 7) is 1.98. The number of hydrogen-bond acceptors (Lipinski definition) is 4. The van der Waals surface area contributed by atoms with Gasteiger partial charge in [-0.3, -0.25) is 9.59 Å². The lowest BCUT2D eigenvalue weighted by atomic mass is 10.0. The van der Waals surface area contributed by atoms with Crippen molar-refractivity contribution >= 4 is 28.3 Å². The van der Waals surface area contributed by atoms with Crippen LogP contribution in [0.5, 0.6) is 0 Å². The van der Waals surface area contributed by atoms with Crippen LogP contribution in [0.1, 0.15) is 28.1 Å². The summed E-state index contributed by atoms with van der Waals surface area (Å²) in [7, 11) is 0. The smallest absolute Gasteiger partial charge is 0.254 e. The second kappa shape index (κ2) is 7.94. The van der Waals surface area contributed by atoms with Crippen LogP contribution in [-0.4, -0.2) is 34.3 Å². The fourth-order valence-electron chi connectivity index (χ4n) is 3.08. The van der Waals surface area contributed by atoms with E-state index in [9.17, 15) is 9.59 Å². The van der Waals surface area contributed by atoms with E-state index in [-0.39, 0.29) is 24.4 Å². The second-order valence-electron chi connectivity index (χ2n) is 6.93. The molecule has 1 heterocycles. The van der Waals surface area contributed by atoms with Crippen LogP contribution in [0.2, 0.25) is 0 Å². The molecule has 6 heteroatoms. The minimum atomic E-state index is -0.212. The summed E-state index contributed by atoms with van der Waals surface area (Å²) >= 11 is 1.42. The molecule has 0 bridgehead atoms. The SMILES string of the molecule is Cc1cnc(NC(=O)CN(C(=O)c2ccc(-c3ccccc3)cc2)C2CC2)s1. The predicted molar refractivity (Wildman–Crippen MR) is 111 cm³/mol. The Balaban J connectivity index is 1.45. The molecule has 0 aliphatic heterocycles. The number of amides is 2. The molecule has 1 aromatic heterocycles. The van der Waals surface area contributed by atoms with Crippen LogP contribution >= 0.6 is 11.3 Å². The standard InChI is InChI=1S/C22H21N3O2S/c1-15-13-23-22(28-15)24-20(26)14-25(19-11-12-19)21(27)18-9-7-17(8-10-18)16-5-3-2-4-6-16/h2-10,13,19H,11-12,14H2,1H3,(H,23,24,26). The Bertz CT molecular complexity index is 979. The Hall–Kier alpha value is -2.99. The number of carbonyl (C=O) groups excluding carboxylic acids is 2. The summed E-state index contributed by atoms with van der Waals surface area (Å²) in [6, 6.07) is 17.8. The van der Waals surface area contributed by atoms with Crippen molar-refractivity contribution in [3.8, 4) is 11.1 Å². The minimum Gasteiger partial charge on any atom is -0.326 e. The first-order valence-corrected chi connectivity index (χ1v) is 10.1.